The molecule has 0 amide bonds. The van der Waals surface area contributed by atoms with Crippen molar-refractivity contribution >= 4 is 15.8 Å². The summed E-state index contributed by atoms with van der Waals surface area (Å²) in [4.78, 5) is 11.3. The van der Waals surface area contributed by atoms with Gasteiger partial charge in [0.05, 0.1) is 15.7 Å². The Morgan fingerprint density at radius 2 is 1.80 bits per heavy atom. The molecule has 0 saturated heterocycles. The molecule has 1 fully saturated rings. The highest BCUT2D eigenvalue weighted by molar-refractivity contribution is 7.92. The molecule has 0 unspecified atom stereocenters. The van der Waals surface area contributed by atoms with E-state index in [-0.39, 0.29) is 15.7 Å². The van der Waals surface area contributed by atoms with E-state index in [0.29, 0.717) is 24.3 Å². The molecule has 1 N–H and O–H groups in total. The lowest BCUT2D eigenvalue weighted by Crippen LogP contribution is -2.26. The quantitative estimate of drug-likeness (QED) is 0.930. The first-order chi connectivity index (χ1) is 9.32. The van der Waals surface area contributed by atoms with Crippen LogP contribution in [0.15, 0.2) is 23.1 Å². The van der Waals surface area contributed by atoms with Crippen LogP contribution in [0.5, 0.6) is 0 Å². The average molecular weight is 296 g/mol. The van der Waals surface area contributed by atoms with Crippen molar-refractivity contribution in [2.45, 2.75) is 49.7 Å². The molecule has 1 aromatic carbocycles. The van der Waals surface area contributed by atoms with Gasteiger partial charge in [-0.15, -0.1) is 0 Å². The van der Waals surface area contributed by atoms with Crippen molar-refractivity contribution in [3.63, 3.8) is 0 Å². The molecular formula is C15H20O4S. The number of carboxylic acid groups (broad SMARTS) is 1. The zero-order valence-corrected chi connectivity index (χ0v) is 12.6. The molecule has 20 heavy (non-hydrogen) atoms. The fourth-order valence-electron chi connectivity index (χ4n) is 2.74. The van der Waals surface area contributed by atoms with Crippen LogP contribution in [-0.2, 0) is 9.84 Å². The summed E-state index contributed by atoms with van der Waals surface area (Å²) in [5.41, 5.74) is 0.643. The molecule has 1 saturated carbocycles. The highest BCUT2D eigenvalue weighted by Crippen LogP contribution is 2.32. The van der Waals surface area contributed by atoms with Crippen LogP contribution < -0.4 is 0 Å². The van der Waals surface area contributed by atoms with Gasteiger partial charge in [0.15, 0.2) is 9.84 Å². The van der Waals surface area contributed by atoms with E-state index in [2.05, 4.69) is 6.92 Å². The minimum Gasteiger partial charge on any atom is -0.478 e. The summed E-state index contributed by atoms with van der Waals surface area (Å²) in [7, 11) is -3.42. The summed E-state index contributed by atoms with van der Waals surface area (Å²) in [6.07, 6.45) is 3.17. The Morgan fingerprint density at radius 1 is 1.20 bits per heavy atom. The normalized spacial score (nSPS) is 23.5. The summed E-state index contributed by atoms with van der Waals surface area (Å²) in [6, 6.07) is 4.39. The van der Waals surface area contributed by atoms with Crippen LogP contribution in [0.25, 0.3) is 0 Å². The smallest absolute Gasteiger partial charge is 0.335 e. The predicted octanol–water partition coefficient (Wildman–Crippen LogP) is 3.05. The van der Waals surface area contributed by atoms with Gasteiger partial charge in [-0.3, -0.25) is 0 Å². The van der Waals surface area contributed by atoms with Crippen LogP contribution in [0.1, 0.15) is 48.5 Å². The molecular weight excluding hydrogens is 276 g/mol. The molecule has 0 atom stereocenters. The van der Waals surface area contributed by atoms with Gasteiger partial charge in [0.2, 0.25) is 0 Å². The fourth-order valence-corrected chi connectivity index (χ4v) is 4.56. The van der Waals surface area contributed by atoms with Crippen molar-refractivity contribution in [3.8, 4) is 0 Å². The van der Waals surface area contributed by atoms with Crippen LogP contribution in [0.4, 0.5) is 0 Å². The summed E-state index contributed by atoms with van der Waals surface area (Å²) >= 11 is 0. The maximum atomic E-state index is 12.6. The van der Waals surface area contributed by atoms with Gasteiger partial charge in [0.25, 0.3) is 0 Å². The van der Waals surface area contributed by atoms with E-state index in [0.717, 1.165) is 12.8 Å². The number of aryl methyl sites for hydroxylation is 1. The van der Waals surface area contributed by atoms with Crippen molar-refractivity contribution in [1.82, 2.24) is 0 Å². The Labute approximate surface area is 119 Å². The first-order valence-electron chi connectivity index (χ1n) is 6.90. The highest BCUT2D eigenvalue weighted by Gasteiger charge is 2.31. The zero-order valence-electron chi connectivity index (χ0n) is 11.8. The largest absolute Gasteiger partial charge is 0.478 e. The van der Waals surface area contributed by atoms with Gasteiger partial charge >= 0.3 is 5.97 Å². The van der Waals surface area contributed by atoms with Gasteiger partial charge in [-0.05, 0) is 56.2 Å². The molecule has 0 aromatic heterocycles. The predicted molar refractivity (Wildman–Crippen MR) is 76.7 cm³/mol. The van der Waals surface area contributed by atoms with Crippen LogP contribution in [0, 0.1) is 12.8 Å². The highest BCUT2D eigenvalue weighted by atomic mass is 32.2. The van der Waals surface area contributed by atoms with E-state index in [1.54, 1.807) is 13.0 Å². The molecule has 1 aromatic rings. The Balaban J connectivity index is 2.35. The van der Waals surface area contributed by atoms with Gasteiger partial charge in [-0.1, -0.05) is 13.0 Å². The van der Waals surface area contributed by atoms with Gasteiger partial charge in [-0.2, -0.15) is 0 Å². The fraction of sp³-hybridized carbons (Fsp3) is 0.533. The lowest BCUT2D eigenvalue weighted by Gasteiger charge is -2.26. The van der Waals surface area contributed by atoms with Gasteiger partial charge in [-0.25, -0.2) is 13.2 Å². The van der Waals surface area contributed by atoms with Crippen molar-refractivity contribution in [1.29, 1.82) is 0 Å². The minimum absolute atomic E-state index is 0.0650. The minimum atomic E-state index is -3.42. The Morgan fingerprint density at radius 3 is 2.35 bits per heavy atom. The number of carbonyl (C=O) groups is 1. The van der Waals surface area contributed by atoms with E-state index in [1.807, 2.05) is 0 Å². The maximum absolute atomic E-state index is 12.6. The number of hydrogen-bond donors (Lipinski definition) is 1. The van der Waals surface area contributed by atoms with E-state index >= 15 is 0 Å². The van der Waals surface area contributed by atoms with Crippen LogP contribution in [0.3, 0.4) is 0 Å². The second kappa shape index (κ2) is 5.56. The lowest BCUT2D eigenvalue weighted by atomic mass is 9.91. The van der Waals surface area contributed by atoms with Gasteiger partial charge in [0.1, 0.15) is 0 Å². The molecule has 1 aliphatic carbocycles. The zero-order chi connectivity index (χ0) is 14.9. The topological polar surface area (TPSA) is 71.4 Å². The lowest BCUT2D eigenvalue weighted by molar-refractivity contribution is 0.0696. The summed E-state index contributed by atoms with van der Waals surface area (Å²) in [5, 5.41) is 8.73. The number of carboxylic acids is 1. The standard InChI is InChI=1S/C15H20O4S/c1-10-3-6-12(7-4-10)20(18,19)13-8-5-11(2)14(9-13)15(16)17/h5,8-10,12H,3-4,6-7H2,1-2H3,(H,16,17). The molecule has 0 heterocycles. The van der Waals surface area contributed by atoms with Gasteiger partial charge in [0, 0.05) is 0 Å². The van der Waals surface area contributed by atoms with Crippen molar-refractivity contribution in [2.75, 3.05) is 0 Å². The second-order valence-corrected chi connectivity index (χ2v) is 7.94. The number of sulfone groups is 1. The molecule has 0 radical (unpaired) electrons. The molecule has 0 bridgehead atoms. The van der Waals surface area contributed by atoms with E-state index in [1.165, 1.54) is 12.1 Å². The maximum Gasteiger partial charge on any atom is 0.335 e. The number of hydrogen-bond acceptors (Lipinski definition) is 3. The van der Waals surface area contributed by atoms with Crippen LogP contribution in [0.2, 0.25) is 0 Å². The van der Waals surface area contributed by atoms with Crippen LogP contribution >= 0.6 is 0 Å². The molecule has 5 heteroatoms. The molecule has 0 spiro atoms. The SMILES string of the molecule is Cc1ccc(S(=O)(=O)C2CCC(C)CC2)cc1C(=O)O. The molecule has 0 aliphatic heterocycles. The number of benzene rings is 1. The van der Waals surface area contributed by atoms with Crippen molar-refractivity contribution in [2.24, 2.45) is 5.92 Å². The van der Waals surface area contributed by atoms with Crippen LogP contribution in [-0.4, -0.2) is 24.7 Å². The summed E-state index contributed by atoms with van der Waals surface area (Å²) in [5.74, 6) is -0.508. The number of aromatic carboxylic acids is 1. The third-order valence-electron chi connectivity index (χ3n) is 4.17. The monoisotopic (exact) mass is 296 g/mol. The van der Waals surface area contributed by atoms with Crippen molar-refractivity contribution in [3.05, 3.63) is 29.3 Å². The van der Waals surface area contributed by atoms with Gasteiger partial charge < -0.3 is 5.11 Å². The first kappa shape index (κ1) is 15.0. The molecule has 2 rings (SSSR count). The van der Waals surface area contributed by atoms with E-state index in [9.17, 15) is 13.2 Å². The van der Waals surface area contributed by atoms with Crippen molar-refractivity contribution < 1.29 is 18.3 Å². The summed E-state index contributed by atoms with van der Waals surface area (Å²) < 4.78 is 25.2. The third-order valence-corrected chi connectivity index (χ3v) is 6.43. The first-order valence-corrected chi connectivity index (χ1v) is 8.45. The Bertz CT molecular complexity index is 611. The average Bonchev–Trinajstić information content (AvgIpc) is 2.39. The van der Waals surface area contributed by atoms with E-state index in [4.69, 9.17) is 5.11 Å². The summed E-state index contributed by atoms with van der Waals surface area (Å²) in [6.45, 7) is 3.80. The van der Waals surface area contributed by atoms with E-state index < -0.39 is 15.8 Å². The Hall–Kier alpha value is -1.36. The molecule has 110 valence electrons. The Kier molecular flexibility index (Phi) is 4.18. The number of rotatable bonds is 3. The third kappa shape index (κ3) is 2.87. The second-order valence-electron chi connectivity index (χ2n) is 5.71. The molecule has 1 aliphatic rings. The molecule has 4 nitrogen and oxygen atoms in total.